The van der Waals surface area contributed by atoms with E-state index in [1.807, 2.05) is 13.8 Å². The van der Waals surface area contributed by atoms with Crippen LogP contribution in [0.15, 0.2) is 0 Å². The number of aliphatic hydroxyl groups is 9. The lowest BCUT2D eigenvalue weighted by Gasteiger charge is -2.40. The molecule has 3 heterocycles. The summed E-state index contributed by atoms with van der Waals surface area (Å²) in [5, 5.41) is 104. The number of rotatable bonds is 42. The standard InChI is InChI=1S/C52H95N5O24.C4H10.C2H6.CH4/c1-32-43(66)46(69)35(26-58)79-49(32)76-20-7-16-54-39(62)12-23-73-29-52(57-42(65)11-5-10-38(61)53-15-6-19-72-4,30-74-24-13-40(63)55-17-8-21-77-50-33(2)44(67)47(70)36(27-59)80-50)31-75-25-14-41(64)56-18-9-22-78-51-34(3)45(68)48(71)37(28-60)81-51;1-4(2)3;1-2;/h32-37,43-51,58-60,66-71H,5-31H2,1-4H3,(H,53,61)(H,54,62)(H,55,63)(H,56,64)(H,57,65);4H,1-3H3;1-2H3;1H4/t32?,33?,34?,35?,36?,37?,43-,44-,45-,46+,47+,48+,49-,50-,51-,52?;;;/m1.../s1. The third-order valence-electron chi connectivity index (χ3n) is 14.0. The lowest BCUT2D eigenvalue weighted by atomic mass is 9.92. The molecule has 0 aromatic rings. The second-order valence-corrected chi connectivity index (χ2v) is 22.4. The van der Waals surface area contributed by atoms with Crippen LogP contribution in [-0.4, -0.2) is 274 Å². The van der Waals surface area contributed by atoms with Crippen molar-refractivity contribution >= 4 is 29.5 Å². The maximum Gasteiger partial charge on any atom is 0.222 e. The van der Waals surface area contributed by atoms with Gasteiger partial charge in [-0.25, -0.2) is 0 Å². The second-order valence-electron chi connectivity index (χ2n) is 22.4. The Balaban J connectivity index is 0.0000104. The largest absolute Gasteiger partial charge is 0.394 e. The molecule has 3 aliphatic rings. The van der Waals surface area contributed by atoms with E-state index in [-0.39, 0.29) is 149 Å². The molecule has 3 aliphatic heterocycles. The van der Waals surface area contributed by atoms with Gasteiger partial charge in [0.2, 0.25) is 29.5 Å². The fourth-order valence-corrected chi connectivity index (χ4v) is 8.83. The van der Waals surface area contributed by atoms with E-state index in [0.29, 0.717) is 38.8 Å². The molecule has 3 saturated heterocycles. The third-order valence-corrected chi connectivity index (χ3v) is 14.0. The molecule has 0 radical (unpaired) electrons. The van der Waals surface area contributed by atoms with Crippen molar-refractivity contribution in [2.75, 3.05) is 119 Å². The minimum atomic E-state index is -1.44. The lowest BCUT2D eigenvalue weighted by Crippen LogP contribution is -2.58. The van der Waals surface area contributed by atoms with E-state index in [1.54, 1.807) is 27.9 Å². The summed E-state index contributed by atoms with van der Waals surface area (Å²) in [6.45, 7) is 14.6. The van der Waals surface area contributed by atoms with E-state index in [0.717, 1.165) is 5.92 Å². The van der Waals surface area contributed by atoms with Crippen molar-refractivity contribution in [1.82, 2.24) is 26.6 Å². The molecule has 15 atom stereocenters. The minimum absolute atomic E-state index is 0. The quantitative estimate of drug-likeness (QED) is 0.0309. The van der Waals surface area contributed by atoms with Gasteiger partial charge in [-0.1, -0.05) is 62.8 Å². The Morgan fingerprint density at radius 2 is 0.705 bits per heavy atom. The highest BCUT2D eigenvalue weighted by Crippen LogP contribution is 2.29. The number of ether oxygens (including phenoxy) is 10. The molecule has 88 heavy (non-hydrogen) atoms. The average molecular weight is 1280 g/mol. The van der Waals surface area contributed by atoms with Crippen molar-refractivity contribution in [3.05, 3.63) is 0 Å². The molecule has 520 valence electrons. The molecular weight excluding hydrogens is 1160 g/mol. The van der Waals surface area contributed by atoms with Crippen molar-refractivity contribution in [1.29, 1.82) is 0 Å². The van der Waals surface area contributed by atoms with Crippen molar-refractivity contribution < 1.29 is 117 Å². The van der Waals surface area contributed by atoms with Gasteiger partial charge in [-0.2, -0.15) is 0 Å². The summed E-state index contributed by atoms with van der Waals surface area (Å²) in [7, 11) is 1.56. The zero-order valence-corrected chi connectivity index (χ0v) is 53.0. The first-order chi connectivity index (χ1) is 41.5. The maximum absolute atomic E-state index is 13.6. The van der Waals surface area contributed by atoms with Crippen LogP contribution < -0.4 is 26.6 Å². The highest BCUT2D eigenvalue weighted by atomic mass is 16.7. The van der Waals surface area contributed by atoms with Gasteiger partial charge in [0.1, 0.15) is 42.2 Å². The Labute approximate surface area is 521 Å². The Morgan fingerprint density at radius 1 is 0.432 bits per heavy atom. The normalized spacial score (nSPS) is 27.5. The summed E-state index contributed by atoms with van der Waals surface area (Å²) in [6.07, 6.45) is -11.4. The molecule has 29 nitrogen and oxygen atoms in total. The first-order valence-electron chi connectivity index (χ1n) is 30.9. The molecule has 0 aromatic carbocycles. The first-order valence-corrected chi connectivity index (χ1v) is 30.9. The molecule has 6 unspecified atom stereocenters. The molecule has 29 heteroatoms. The van der Waals surface area contributed by atoms with E-state index in [4.69, 9.17) is 47.4 Å². The van der Waals surface area contributed by atoms with E-state index < -0.39 is 123 Å². The van der Waals surface area contributed by atoms with Crippen molar-refractivity contribution in [3.63, 3.8) is 0 Å². The Morgan fingerprint density at radius 3 is 0.989 bits per heavy atom. The number of amides is 5. The molecule has 0 aliphatic carbocycles. The van der Waals surface area contributed by atoms with Crippen LogP contribution in [0.25, 0.3) is 0 Å². The topological polar surface area (TPSA) is 420 Å². The number of carbonyl (C=O) groups excluding carboxylic acids is 5. The molecule has 0 bridgehead atoms. The van der Waals surface area contributed by atoms with Gasteiger partial charge in [0.05, 0.1) is 97.6 Å². The Bertz CT molecular complexity index is 1670. The smallest absolute Gasteiger partial charge is 0.222 e. The number of aliphatic hydroxyl groups excluding tert-OH is 9. The molecule has 14 N–H and O–H groups in total. The highest BCUT2D eigenvalue weighted by Gasteiger charge is 2.45. The van der Waals surface area contributed by atoms with Crippen molar-refractivity contribution in [2.24, 2.45) is 23.7 Å². The van der Waals surface area contributed by atoms with Gasteiger partial charge in [0, 0.05) is 89.8 Å². The predicted molar refractivity (Wildman–Crippen MR) is 321 cm³/mol. The van der Waals surface area contributed by atoms with E-state index >= 15 is 0 Å². The summed E-state index contributed by atoms with van der Waals surface area (Å²) >= 11 is 0. The number of nitrogens with one attached hydrogen (secondary N) is 5. The predicted octanol–water partition coefficient (Wildman–Crippen LogP) is -1.50. The maximum atomic E-state index is 13.6. The molecule has 0 spiro atoms. The van der Waals surface area contributed by atoms with E-state index in [1.165, 1.54) is 0 Å². The van der Waals surface area contributed by atoms with Crippen LogP contribution in [0, 0.1) is 23.7 Å². The van der Waals surface area contributed by atoms with Crippen LogP contribution in [0.5, 0.6) is 0 Å². The monoisotopic (exact) mass is 1280 g/mol. The fourth-order valence-electron chi connectivity index (χ4n) is 8.83. The van der Waals surface area contributed by atoms with Crippen LogP contribution in [0.2, 0.25) is 0 Å². The van der Waals surface area contributed by atoms with Gasteiger partial charge in [-0.05, 0) is 38.0 Å². The van der Waals surface area contributed by atoms with Crippen LogP contribution in [0.1, 0.15) is 127 Å². The average Bonchev–Trinajstić information content (AvgIpc) is 3.63. The lowest BCUT2D eigenvalue weighted by molar-refractivity contribution is -0.282. The van der Waals surface area contributed by atoms with Gasteiger partial charge < -0.3 is 120 Å². The van der Waals surface area contributed by atoms with E-state index in [2.05, 4.69) is 47.4 Å². The van der Waals surface area contributed by atoms with Gasteiger partial charge in [-0.15, -0.1) is 0 Å². The van der Waals surface area contributed by atoms with Crippen molar-refractivity contribution in [3.8, 4) is 0 Å². The molecule has 3 fully saturated rings. The third kappa shape index (κ3) is 33.8. The van der Waals surface area contributed by atoms with Crippen LogP contribution in [0.3, 0.4) is 0 Å². The molecular formula is C59H115N5O24. The summed E-state index contributed by atoms with van der Waals surface area (Å²) in [5.41, 5.74) is -1.44. The first kappa shape index (κ1) is 84.6. The Kier molecular flexibility index (Phi) is 47.3. The van der Waals surface area contributed by atoms with Gasteiger partial charge in [0.15, 0.2) is 18.9 Å². The number of hydrogen-bond donors (Lipinski definition) is 14. The summed E-state index contributed by atoms with van der Waals surface area (Å²) in [5.74, 6) is -2.75. The highest BCUT2D eigenvalue weighted by molar-refractivity contribution is 5.79. The number of carbonyl (C=O) groups is 5. The molecule has 3 rings (SSSR count). The Hall–Kier alpha value is -3.41. The van der Waals surface area contributed by atoms with Crippen LogP contribution >= 0.6 is 0 Å². The van der Waals surface area contributed by atoms with Crippen LogP contribution in [0.4, 0.5) is 0 Å². The SMILES string of the molecule is C.CC.CC(C)C.COCCCNC(=O)CCCC(=O)NC(COCCC(=O)NCCCO[C@@H]1OC(CO)[C@H](O)[C@H](O)C1C)(COCCC(=O)NCCCO[C@@H]1OC(CO)[C@H](O)[C@H](O)C1C)COCCC(=O)NCCCO[C@@H]1OC(CO)[C@H](O)[C@H](O)C1C. The van der Waals surface area contributed by atoms with Crippen LogP contribution in [-0.2, 0) is 71.3 Å². The number of hydrogen-bond acceptors (Lipinski definition) is 24. The van der Waals surface area contributed by atoms with E-state index in [9.17, 15) is 69.9 Å². The molecule has 0 saturated carbocycles. The van der Waals surface area contributed by atoms with Gasteiger partial charge in [0.25, 0.3) is 0 Å². The fraction of sp³-hybridized carbons (Fsp3) is 0.915. The molecule has 0 aromatic heterocycles. The van der Waals surface area contributed by atoms with Gasteiger partial charge in [-0.3, -0.25) is 24.0 Å². The summed E-state index contributed by atoms with van der Waals surface area (Å²) in [4.78, 5) is 64.7. The molecule has 5 amide bonds. The number of methoxy groups -OCH3 is 1. The summed E-state index contributed by atoms with van der Waals surface area (Å²) in [6, 6.07) is 0. The van der Waals surface area contributed by atoms with Crippen molar-refractivity contribution in [2.45, 2.75) is 206 Å². The zero-order chi connectivity index (χ0) is 65.3. The second kappa shape index (κ2) is 49.3. The summed E-state index contributed by atoms with van der Waals surface area (Å²) < 4.78 is 56.9. The minimum Gasteiger partial charge on any atom is -0.394 e. The zero-order valence-electron chi connectivity index (χ0n) is 53.0. The van der Waals surface area contributed by atoms with Gasteiger partial charge >= 0.3 is 0 Å².